The molecular weight excluding hydrogens is 344 g/mol. The molecule has 2 saturated heterocycles. The van der Waals surface area contributed by atoms with Gasteiger partial charge in [-0.3, -0.25) is 9.80 Å². The van der Waals surface area contributed by atoms with E-state index in [-0.39, 0.29) is 10.6 Å². The van der Waals surface area contributed by atoms with E-state index in [0.29, 0.717) is 18.5 Å². The van der Waals surface area contributed by atoms with Crippen LogP contribution in [-0.2, 0) is 6.54 Å². The quantitative estimate of drug-likeness (QED) is 0.750. The van der Waals surface area contributed by atoms with Crippen LogP contribution in [0.1, 0.15) is 25.3 Å². The lowest BCUT2D eigenvalue weighted by atomic mass is 9.89. The van der Waals surface area contributed by atoms with Crippen molar-refractivity contribution in [2.24, 2.45) is 5.92 Å². The van der Waals surface area contributed by atoms with E-state index < -0.39 is 11.6 Å². The Bertz CT molecular complexity index is 582. The van der Waals surface area contributed by atoms with Crippen LogP contribution >= 0.6 is 11.6 Å². The molecule has 3 rings (SSSR count). The van der Waals surface area contributed by atoms with Crippen molar-refractivity contribution >= 4 is 11.6 Å². The second-order valence-corrected chi connectivity index (χ2v) is 7.89. The predicted molar refractivity (Wildman–Crippen MR) is 97.9 cm³/mol. The maximum Gasteiger partial charge on any atom is 0.142 e. The topological polar surface area (TPSA) is 9.72 Å². The molecule has 0 amide bonds. The highest BCUT2D eigenvalue weighted by atomic mass is 35.5. The summed E-state index contributed by atoms with van der Waals surface area (Å²) in [5, 5.41) is -0.0760. The number of nitrogens with zero attached hydrogens (tertiary/aromatic N) is 3. The molecule has 0 saturated carbocycles. The maximum atomic E-state index is 14.0. The highest BCUT2D eigenvalue weighted by molar-refractivity contribution is 6.31. The van der Waals surface area contributed by atoms with E-state index in [1.165, 1.54) is 6.07 Å². The average Bonchev–Trinajstić information content (AvgIpc) is 2.62. The van der Waals surface area contributed by atoms with Gasteiger partial charge in [-0.15, -0.1) is 0 Å². The Labute approximate surface area is 154 Å². The molecule has 25 heavy (non-hydrogen) atoms. The van der Waals surface area contributed by atoms with Gasteiger partial charge in [0.1, 0.15) is 11.6 Å². The van der Waals surface area contributed by atoms with E-state index in [4.69, 9.17) is 11.6 Å². The molecule has 0 aliphatic carbocycles. The summed E-state index contributed by atoms with van der Waals surface area (Å²) in [6.45, 7) is 9.11. The molecule has 0 aromatic heterocycles. The number of benzene rings is 1. The zero-order valence-corrected chi connectivity index (χ0v) is 15.9. The van der Waals surface area contributed by atoms with Crippen LogP contribution in [-0.4, -0.2) is 67.1 Å². The molecule has 0 spiro atoms. The van der Waals surface area contributed by atoms with Gasteiger partial charge in [-0.25, -0.2) is 8.78 Å². The smallest absolute Gasteiger partial charge is 0.142 e. The Hall–Kier alpha value is -0.750. The fourth-order valence-corrected chi connectivity index (χ4v) is 4.27. The Kier molecular flexibility index (Phi) is 6.31. The van der Waals surface area contributed by atoms with Gasteiger partial charge in [-0.1, -0.05) is 11.6 Å². The Balaban J connectivity index is 1.53. The Morgan fingerprint density at radius 1 is 1.04 bits per heavy atom. The van der Waals surface area contributed by atoms with Crippen LogP contribution in [0.4, 0.5) is 8.78 Å². The van der Waals surface area contributed by atoms with Gasteiger partial charge >= 0.3 is 0 Å². The highest BCUT2D eigenvalue weighted by Crippen LogP contribution is 2.28. The largest absolute Gasteiger partial charge is 0.304 e. The fraction of sp³-hybridized carbons (Fsp3) is 0.684. The Morgan fingerprint density at radius 3 is 2.28 bits per heavy atom. The standard InChI is InChI=1S/C19H28ClF2N3/c1-14(25-11-9-23(2)10-12-25)15-5-7-24(8-6-15)13-16-17(21)3-4-18(22)19(16)20/h3-4,14-15H,5-13H2,1-2H3/t14-/m1/s1. The molecule has 1 aromatic carbocycles. The molecule has 0 unspecified atom stereocenters. The summed E-state index contributed by atoms with van der Waals surface area (Å²) in [6.07, 6.45) is 2.20. The lowest BCUT2D eigenvalue weighted by molar-refractivity contribution is 0.0596. The third-order valence-electron chi connectivity index (χ3n) is 5.95. The fourth-order valence-electron chi connectivity index (χ4n) is 4.06. The summed E-state index contributed by atoms with van der Waals surface area (Å²) in [4.78, 5) is 7.17. The van der Waals surface area contributed by atoms with Crippen LogP contribution in [0.2, 0.25) is 5.02 Å². The van der Waals surface area contributed by atoms with Crippen molar-refractivity contribution in [2.45, 2.75) is 32.4 Å². The van der Waals surface area contributed by atoms with Gasteiger partial charge in [-0.05, 0) is 58.0 Å². The van der Waals surface area contributed by atoms with Crippen molar-refractivity contribution < 1.29 is 8.78 Å². The van der Waals surface area contributed by atoms with E-state index in [0.717, 1.165) is 58.2 Å². The van der Waals surface area contributed by atoms with Gasteiger partial charge in [0.05, 0.1) is 5.02 Å². The first-order valence-electron chi connectivity index (χ1n) is 9.23. The van der Waals surface area contributed by atoms with Crippen molar-refractivity contribution in [2.75, 3.05) is 46.3 Å². The minimum atomic E-state index is -0.545. The van der Waals surface area contributed by atoms with E-state index in [1.807, 2.05) is 0 Å². The van der Waals surface area contributed by atoms with Crippen molar-refractivity contribution in [3.63, 3.8) is 0 Å². The van der Waals surface area contributed by atoms with Crippen molar-refractivity contribution in [1.29, 1.82) is 0 Å². The van der Waals surface area contributed by atoms with Crippen molar-refractivity contribution in [3.8, 4) is 0 Å². The lowest BCUT2D eigenvalue weighted by Crippen LogP contribution is -2.51. The number of piperazine rings is 1. The monoisotopic (exact) mass is 371 g/mol. The minimum absolute atomic E-state index is 0.0760. The molecule has 0 radical (unpaired) electrons. The van der Waals surface area contributed by atoms with E-state index in [1.54, 1.807) is 0 Å². The normalized spacial score (nSPS) is 23.1. The van der Waals surface area contributed by atoms with E-state index in [9.17, 15) is 8.78 Å². The molecule has 0 N–H and O–H groups in total. The highest BCUT2D eigenvalue weighted by Gasteiger charge is 2.29. The molecular formula is C19H28ClF2N3. The zero-order chi connectivity index (χ0) is 18.0. The first-order valence-corrected chi connectivity index (χ1v) is 9.61. The molecule has 6 heteroatoms. The molecule has 140 valence electrons. The second kappa shape index (κ2) is 8.30. The molecule has 1 aromatic rings. The average molecular weight is 372 g/mol. The number of likely N-dealkylation sites (tertiary alicyclic amines) is 1. The van der Waals surface area contributed by atoms with Gasteiger partial charge in [-0.2, -0.15) is 0 Å². The van der Waals surface area contributed by atoms with Crippen LogP contribution < -0.4 is 0 Å². The zero-order valence-electron chi connectivity index (χ0n) is 15.1. The molecule has 0 bridgehead atoms. The van der Waals surface area contributed by atoms with E-state index in [2.05, 4.69) is 28.7 Å². The first-order chi connectivity index (χ1) is 12.0. The van der Waals surface area contributed by atoms with Crippen LogP contribution in [0.3, 0.4) is 0 Å². The molecule has 2 aliphatic heterocycles. The summed E-state index contributed by atoms with van der Waals surface area (Å²) in [6, 6.07) is 2.84. The summed E-state index contributed by atoms with van der Waals surface area (Å²) in [5.41, 5.74) is 0.284. The van der Waals surface area contributed by atoms with Gasteiger partial charge in [0.2, 0.25) is 0 Å². The third-order valence-corrected chi connectivity index (χ3v) is 6.36. The van der Waals surface area contributed by atoms with E-state index >= 15 is 0 Å². The van der Waals surface area contributed by atoms with Crippen molar-refractivity contribution in [3.05, 3.63) is 34.4 Å². The van der Waals surface area contributed by atoms with Gasteiger partial charge in [0.15, 0.2) is 0 Å². The number of hydrogen-bond donors (Lipinski definition) is 0. The van der Waals surface area contributed by atoms with Crippen molar-refractivity contribution in [1.82, 2.24) is 14.7 Å². The summed E-state index contributed by atoms with van der Waals surface area (Å²) >= 11 is 5.96. The minimum Gasteiger partial charge on any atom is -0.304 e. The van der Waals surface area contributed by atoms with Crippen LogP contribution in [0, 0.1) is 17.6 Å². The Morgan fingerprint density at radius 2 is 1.64 bits per heavy atom. The molecule has 1 atom stereocenters. The van der Waals surface area contributed by atoms with Crippen LogP contribution in [0.5, 0.6) is 0 Å². The van der Waals surface area contributed by atoms with Crippen LogP contribution in [0.25, 0.3) is 0 Å². The maximum absolute atomic E-state index is 14.0. The molecule has 2 fully saturated rings. The van der Waals surface area contributed by atoms with Gasteiger partial charge in [0, 0.05) is 44.3 Å². The molecule has 3 nitrogen and oxygen atoms in total. The summed E-state index contributed by atoms with van der Waals surface area (Å²) < 4.78 is 27.6. The predicted octanol–water partition coefficient (Wildman–Crippen LogP) is 3.47. The summed E-state index contributed by atoms with van der Waals surface area (Å²) in [5.74, 6) is -0.288. The van der Waals surface area contributed by atoms with Gasteiger partial charge < -0.3 is 4.90 Å². The third kappa shape index (κ3) is 4.51. The number of hydrogen-bond acceptors (Lipinski definition) is 3. The SMILES string of the molecule is C[C@H](C1CCN(Cc2c(F)ccc(F)c2Cl)CC1)N1CCN(C)CC1. The first kappa shape index (κ1) is 19.0. The number of piperidine rings is 1. The number of likely N-dealkylation sites (N-methyl/N-ethyl adjacent to an activating group) is 1. The number of halogens is 3. The van der Waals surface area contributed by atoms with Gasteiger partial charge in [0.25, 0.3) is 0 Å². The molecule has 2 aliphatic rings. The summed E-state index contributed by atoms with van der Waals surface area (Å²) in [7, 11) is 2.18. The van der Waals surface area contributed by atoms with Crippen LogP contribution in [0.15, 0.2) is 12.1 Å². The lowest BCUT2D eigenvalue weighted by Gasteiger charge is -2.42. The number of rotatable bonds is 4. The molecule has 2 heterocycles. The second-order valence-electron chi connectivity index (χ2n) is 7.52.